The normalized spacial score (nSPS) is 13.3. The van der Waals surface area contributed by atoms with E-state index in [9.17, 15) is 0 Å². The molecule has 3 heteroatoms. The average molecular weight is 714 g/mol. The van der Waals surface area contributed by atoms with E-state index in [-0.39, 0.29) is 5.41 Å². The molecule has 0 spiro atoms. The van der Waals surface area contributed by atoms with E-state index in [1.54, 1.807) is 0 Å². The fraction of sp³-hybridized carbons (Fsp3) is 0.0566. The molecule has 0 bridgehead atoms. The molecular weight excluding hydrogens is 679 g/mol. The second kappa shape index (κ2) is 11.5. The first kappa shape index (κ1) is 31.3. The second-order valence-corrected chi connectivity index (χ2v) is 15.7. The highest BCUT2D eigenvalue weighted by atomic mass is 15.0. The molecular formula is C53H35N3. The molecule has 0 radical (unpaired) electrons. The average Bonchev–Trinajstić information content (AvgIpc) is 3.70. The van der Waals surface area contributed by atoms with Crippen LogP contribution in [0.15, 0.2) is 176 Å². The van der Waals surface area contributed by atoms with Crippen LogP contribution in [0.25, 0.3) is 104 Å². The van der Waals surface area contributed by atoms with Crippen LogP contribution in [0.4, 0.5) is 0 Å². The fourth-order valence-corrected chi connectivity index (χ4v) is 9.63. The summed E-state index contributed by atoms with van der Waals surface area (Å²) < 4.78 is 2.41. The third kappa shape index (κ3) is 4.34. The Balaban J connectivity index is 1.01. The lowest BCUT2D eigenvalue weighted by molar-refractivity contribution is 0.661. The molecule has 3 heterocycles. The van der Waals surface area contributed by atoms with Crippen LogP contribution < -0.4 is 0 Å². The van der Waals surface area contributed by atoms with Crippen LogP contribution in [-0.2, 0) is 5.41 Å². The van der Waals surface area contributed by atoms with Gasteiger partial charge in [0, 0.05) is 54.5 Å². The highest BCUT2D eigenvalue weighted by Crippen LogP contribution is 2.52. The molecule has 0 fully saturated rings. The van der Waals surface area contributed by atoms with Crippen molar-refractivity contribution in [3.05, 3.63) is 187 Å². The summed E-state index contributed by atoms with van der Waals surface area (Å²) in [6.45, 7) is 4.74. The lowest BCUT2D eigenvalue weighted by Crippen LogP contribution is -2.15. The Morgan fingerprint density at radius 3 is 1.79 bits per heavy atom. The standard InChI is InChI=1S/C53H35N3/c1-53(2)45-29-33(23-24-36(45)43-31-50-44(30-46(43)53)38-18-10-11-22-49(38)56(50)34-15-4-3-5-16-34)47-27-25-41-42-26-28-48(37-21-12-14-32-13-6-7-17-35(32)37)55-52(42)40-20-9-8-19-39(40)51(41)54-47/h3-31H,1-2H3. The summed E-state index contributed by atoms with van der Waals surface area (Å²) in [5, 5.41) is 9.47. The zero-order chi connectivity index (χ0) is 37.1. The summed E-state index contributed by atoms with van der Waals surface area (Å²) in [5.74, 6) is 0. The molecule has 0 N–H and O–H groups in total. The summed E-state index contributed by atoms with van der Waals surface area (Å²) in [6.07, 6.45) is 0. The van der Waals surface area contributed by atoms with Crippen molar-refractivity contribution >= 4 is 65.2 Å². The van der Waals surface area contributed by atoms with Crippen molar-refractivity contribution in [3.63, 3.8) is 0 Å². The summed E-state index contributed by atoms with van der Waals surface area (Å²) in [7, 11) is 0. The predicted octanol–water partition coefficient (Wildman–Crippen LogP) is 13.8. The molecule has 8 aromatic carbocycles. The van der Waals surface area contributed by atoms with Crippen LogP contribution in [-0.4, -0.2) is 14.5 Å². The smallest absolute Gasteiger partial charge is 0.0795 e. The summed E-state index contributed by atoms with van der Waals surface area (Å²) >= 11 is 0. The largest absolute Gasteiger partial charge is 0.309 e. The van der Waals surface area contributed by atoms with E-state index >= 15 is 0 Å². The Kier molecular flexibility index (Phi) is 6.40. The van der Waals surface area contributed by atoms with Gasteiger partial charge < -0.3 is 4.57 Å². The highest BCUT2D eigenvalue weighted by Gasteiger charge is 2.37. The number of fused-ring (bicyclic) bond motifs is 13. The zero-order valence-electron chi connectivity index (χ0n) is 31.1. The van der Waals surface area contributed by atoms with Crippen molar-refractivity contribution in [3.8, 4) is 39.3 Å². The third-order valence-corrected chi connectivity index (χ3v) is 12.4. The van der Waals surface area contributed by atoms with Crippen LogP contribution in [0.2, 0.25) is 0 Å². The lowest BCUT2D eigenvalue weighted by atomic mass is 9.81. The van der Waals surface area contributed by atoms with E-state index in [0.29, 0.717) is 0 Å². The molecule has 1 aliphatic carbocycles. The molecule has 0 saturated carbocycles. The molecule has 56 heavy (non-hydrogen) atoms. The summed E-state index contributed by atoms with van der Waals surface area (Å²) in [6, 6.07) is 63.8. The van der Waals surface area contributed by atoms with Crippen LogP contribution in [0.3, 0.4) is 0 Å². The molecule has 3 nitrogen and oxygen atoms in total. The number of para-hydroxylation sites is 2. The number of hydrogen-bond donors (Lipinski definition) is 0. The van der Waals surface area contributed by atoms with Crippen LogP contribution >= 0.6 is 0 Å². The van der Waals surface area contributed by atoms with Gasteiger partial charge in [-0.25, -0.2) is 9.97 Å². The van der Waals surface area contributed by atoms with Crippen molar-refractivity contribution in [1.82, 2.24) is 14.5 Å². The van der Waals surface area contributed by atoms with Crippen molar-refractivity contribution in [2.75, 3.05) is 0 Å². The van der Waals surface area contributed by atoms with Gasteiger partial charge in [-0.2, -0.15) is 0 Å². The Labute approximate surface area is 324 Å². The van der Waals surface area contributed by atoms with Crippen molar-refractivity contribution in [2.24, 2.45) is 0 Å². The van der Waals surface area contributed by atoms with E-state index in [1.165, 1.54) is 60.5 Å². The molecule has 262 valence electrons. The van der Waals surface area contributed by atoms with Gasteiger partial charge in [-0.05, 0) is 93.7 Å². The van der Waals surface area contributed by atoms with E-state index in [2.05, 4.69) is 194 Å². The quantitative estimate of drug-likeness (QED) is 0.171. The van der Waals surface area contributed by atoms with Gasteiger partial charge in [0.25, 0.3) is 0 Å². The number of benzene rings is 8. The maximum absolute atomic E-state index is 5.45. The van der Waals surface area contributed by atoms with E-state index in [4.69, 9.17) is 9.97 Å². The van der Waals surface area contributed by atoms with Crippen LogP contribution in [0, 0.1) is 0 Å². The third-order valence-electron chi connectivity index (χ3n) is 12.4. The van der Waals surface area contributed by atoms with Gasteiger partial charge in [-0.15, -0.1) is 0 Å². The highest BCUT2D eigenvalue weighted by molar-refractivity contribution is 6.23. The molecule has 12 rings (SSSR count). The number of pyridine rings is 2. The van der Waals surface area contributed by atoms with E-state index in [1.807, 2.05) is 0 Å². The second-order valence-electron chi connectivity index (χ2n) is 15.7. The Hall–Kier alpha value is -7.10. The van der Waals surface area contributed by atoms with Crippen molar-refractivity contribution in [1.29, 1.82) is 0 Å². The summed E-state index contributed by atoms with van der Waals surface area (Å²) in [5.41, 5.74) is 15.0. The minimum absolute atomic E-state index is 0.183. The van der Waals surface area contributed by atoms with Gasteiger partial charge in [0.1, 0.15) is 0 Å². The lowest BCUT2D eigenvalue weighted by Gasteiger charge is -2.22. The first-order chi connectivity index (χ1) is 27.5. The van der Waals surface area contributed by atoms with Crippen molar-refractivity contribution in [2.45, 2.75) is 19.3 Å². The SMILES string of the molecule is CC1(C)c2cc(-c3ccc4c5ccc(-c6cccc7ccccc67)nc5c5ccccc5c4n3)ccc2-c2cc3c(cc21)c1ccccc1n3-c1ccccc1. The van der Waals surface area contributed by atoms with Crippen molar-refractivity contribution < 1.29 is 0 Å². The molecule has 0 aliphatic heterocycles. The maximum Gasteiger partial charge on any atom is 0.0795 e. The minimum atomic E-state index is -0.183. The van der Waals surface area contributed by atoms with E-state index in [0.717, 1.165) is 55.1 Å². The van der Waals surface area contributed by atoms with E-state index < -0.39 is 0 Å². The van der Waals surface area contributed by atoms with Crippen LogP contribution in [0.1, 0.15) is 25.0 Å². The number of rotatable bonds is 3. The van der Waals surface area contributed by atoms with Gasteiger partial charge >= 0.3 is 0 Å². The van der Waals surface area contributed by atoms with Gasteiger partial charge in [0.2, 0.25) is 0 Å². The molecule has 1 aliphatic rings. The Bertz CT molecular complexity index is 3420. The molecule has 0 saturated heterocycles. The van der Waals surface area contributed by atoms with Crippen LogP contribution in [0.5, 0.6) is 0 Å². The first-order valence-corrected chi connectivity index (χ1v) is 19.4. The molecule has 3 aromatic heterocycles. The number of hydrogen-bond acceptors (Lipinski definition) is 2. The monoisotopic (exact) mass is 713 g/mol. The molecule has 0 unspecified atom stereocenters. The predicted molar refractivity (Wildman–Crippen MR) is 235 cm³/mol. The van der Waals surface area contributed by atoms with Gasteiger partial charge in [-0.3, -0.25) is 0 Å². The maximum atomic E-state index is 5.45. The Morgan fingerprint density at radius 2 is 1.00 bits per heavy atom. The topological polar surface area (TPSA) is 30.7 Å². The fourth-order valence-electron chi connectivity index (χ4n) is 9.63. The van der Waals surface area contributed by atoms with Gasteiger partial charge in [0.05, 0.1) is 33.5 Å². The minimum Gasteiger partial charge on any atom is -0.309 e. The Morgan fingerprint density at radius 1 is 0.393 bits per heavy atom. The van der Waals surface area contributed by atoms with Gasteiger partial charge in [-0.1, -0.05) is 129 Å². The molecule has 0 amide bonds. The first-order valence-electron chi connectivity index (χ1n) is 19.4. The summed E-state index contributed by atoms with van der Waals surface area (Å²) in [4.78, 5) is 10.8. The number of nitrogens with zero attached hydrogens (tertiary/aromatic N) is 3. The molecule has 11 aromatic rings. The molecule has 0 atom stereocenters. The van der Waals surface area contributed by atoms with Gasteiger partial charge in [0.15, 0.2) is 0 Å². The zero-order valence-corrected chi connectivity index (χ0v) is 31.1. The number of aromatic nitrogens is 3.